The largest absolute Gasteiger partial charge is 0.508 e. The molecule has 0 radical (unpaired) electrons. The van der Waals surface area contributed by atoms with Gasteiger partial charge >= 0.3 is 0 Å². The van der Waals surface area contributed by atoms with Gasteiger partial charge in [0.05, 0.1) is 31.4 Å². The summed E-state index contributed by atoms with van der Waals surface area (Å²) in [5.41, 5.74) is 4.59. The Bertz CT molecular complexity index is 1240. The number of anilines is 1. The maximum Gasteiger partial charge on any atom is 0.233 e. The Morgan fingerprint density at radius 1 is 1.09 bits per heavy atom. The first-order chi connectivity index (χ1) is 15.5. The Morgan fingerprint density at radius 2 is 1.91 bits per heavy atom. The molecule has 0 bridgehead atoms. The normalized spacial score (nSPS) is 19.8. The lowest BCUT2D eigenvalue weighted by molar-refractivity contribution is -0.116. The van der Waals surface area contributed by atoms with Crippen molar-refractivity contribution in [2.45, 2.75) is 31.6 Å². The van der Waals surface area contributed by atoms with Gasteiger partial charge in [-0.3, -0.25) is 4.79 Å². The lowest BCUT2D eigenvalue weighted by atomic mass is 9.72. The number of aryl methyl sites for hydroxylation is 1. The Hall–Kier alpha value is -3.74. The Kier molecular flexibility index (Phi) is 4.89. The summed E-state index contributed by atoms with van der Waals surface area (Å²) in [6, 6.07) is 12.8. The molecule has 7 heteroatoms. The Labute approximate surface area is 185 Å². The van der Waals surface area contributed by atoms with Crippen LogP contribution < -0.4 is 14.8 Å². The number of carbonyl (C=O) groups excluding carboxylic acids is 1. The summed E-state index contributed by atoms with van der Waals surface area (Å²) in [7, 11) is 3.22. The summed E-state index contributed by atoms with van der Waals surface area (Å²) >= 11 is 0. The third-order valence-corrected chi connectivity index (χ3v) is 6.38. The minimum absolute atomic E-state index is 0.0214. The van der Waals surface area contributed by atoms with E-state index in [-0.39, 0.29) is 17.5 Å². The number of rotatable bonds is 4. The molecule has 164 valence electrons. The quantitative estimate of drug-likeness (QED) is 0.619. The number of ketones is 1. The zero-order valence-electron chi connectivity index (χ0n) is 18.1. The maximum atomic E-state index is 13.6. The van der Waals surface area contributed by atoms with E-state index in [0.29, 0.717) is 41.5 Å². The van der Waals surface area contributed by atoms with Gasteiger partial charge in [-0.15, -0.1) is 0 Å². The van der Waals surface area contributed by atoms with E-state index in [0.717, 1.165) is 22.4 Å². The van der Waals surface area contributed by atoms with Gasteiger partial charge in [0.25, 0.3) is 0 Å². The van der Waals surface area contributed by atoms with Gasteiger partial charge < -0.3 is 24.4 Å². The predicted molar refractivity (Wildman–Crippen MR) is 118 cm³/mol. The number of phenols is 1. The molecule has 5 rings (SSSR count). The van der Waals surface area contributed by atoms with E-state index in [1.165, 1.54) is 0 Å². The number of phenolic OH excluding ortho intramolecular Hbond substituents is 1. The van der Waals surface area contributed by atoms with Crippen molar-refractivity contribution in [2.24, 2.45) is 0 Å². The first kappa shape index (κ1) is 20.2. The first-order valence-electron chi connectivity index (χ1n) is 10.5. The van der Waals surface area contributed by atoms with Gasteiger partial charge in [-0.1, -0.05) is 23.4 Å². The number of allylic oxidation sites excluding steroid dienone is 2. The lowest BCUT2D eigenvalue weighted by Crippen LogP contribution is -2.29. The van der Waals surface area contributed by atoms with E-state index in [4.69, 9.17) is 14.0 Å². The van der Waals surface area contributed by atoms with Crippen LogP contribution >= 0.6 is 0 Å². The number of para-hydroxylation sites is 1. The summed E-state index contributed by atoms with van der Waals surface area (Å²) in [6.45, 7) is 1.87. The van der Waals surface area contributed by atoms with Crippen molar-refractivity contribution in [1.82, 2.24) is 5.16 Å². The Balaban J connectivity index is 1.68. The second-order valence-electron chi connectivity index (χ2n) is 8.16. The summed E-state index contributed by atoms with van der Waals surface area (Å²) in [5, 5.41) is 17.8. The van der Waals surface area contributed by atoms with Crippen molar-refractivity contribution in [3.8, 4) is 17.2 Å². The Morgan fingerprint density at radius 3 is 2.66 bits per heavy atom. The number of methoxy groups -OCH3 is 2. The molecule has 3 aromatic rings. The van der Waals surface area contributed by atoms with Crippen molar-refractivity contribution in [2.75, 3.05) is 19.5 Å². The average Bonchev–Trinajstić information content (AvgIpc) is 3.17. The number of fused-ring (bicyclic) bond motifs is 1. The number of Topliss-reactive ketones (excluding diaryl/α,β-unsaturated/α-hetero) is 1. The molecule has 7 nitrogen and oxygen atoms in total. The molecule has 0 amide bonds. The van der Waals surface area contributed by atoms with Crippen molar-refractivity contribution in [3.63, 3.8) is 0 Å². The fraction of sp³-hybridized carbons (Fsp3) is 0.280. The fourth-order valence-corrected chi connectivity index (χ4v) is 4.90. The summed E-state index contributed by atoms with van der Waals surface area (Å²) in [6.07, 6.45) is 0.876. The van der Waals surface area contributed by atoms with Crippen LogP contribution in [-0.4, -0.2) is 30.3 Å². The monoisotopic (exact) mass is 432 g/mol. The molecule has 2 atom stereocenters. The number of nitrogens with one attached hydrogen (secondary N) is 1. The molecule has 0 unspecified atom stereocenters. The highest BCUT2D eigenvalue weighted by molar-refractivity contribution is 6.01. The minimum Gasteiger partial charge on any atom is -0.508 e. The highest BCUT2D eigenvalue weighted by atomic mass is 16.5. The van der Waals surface area contributed by atoms with Crippen molar-refractivity contribution in [3.05, 3.63) is 76.1 Å². The number of hydrogen-bond acceptors (Lipinski definition) is 7. The van der Waals surface area contributed by atoms with Crippen LogP contribution in [0, 0.1) is 6.92 Å². The van der Waals surface area contributed by atoms with Gasteiger partial charge in [-0.25, -0.2) is 0 Å². The molecule has 32 heavy (non-hydrogen) atoms. The lowest BCUT2D eigenvalue weighted by Gasteiger charge is -2.35. The molecule has 0 saturated heterocycles. The van der Waals surface area contributed by atoms with Crippen LogP contribution in [0.25, 0.3) is 0 Å². The van der Waals surface area contributed by atoms with Gasteiger partial charge in [0.15, 0.2) is 5.78 Å². The van der Waals surface area contributed by atoms with Crippen LogP contribution in [0.4, 0.5) is 5.88 Å². The van der Waals surface area contributed by atoms with Crippen LogP contribution in [0.1, 0.15) is 47.1 Å². The topological polar surface area (TPSA) is 93.8 Å². The molecule has 2 heterocycles. The number of aromatic nitrogens is 1. The first-order valence-corrected chi connectivity index (χ1v) is 10.5. The molecule has 2 aromatic carbocycles. The van der Waals surface area contributed by atoms with Crippen molar-refractivity contribution >= 4 is 11.7 Å². The standard InChI is InChI=1S/C25H24N2O5/c1-13-22-23(17-12-15(30-2)8-9-21(17)31-3)24-18(26-25(22)32-27-13)10-14(11-20(24)29)16-6-4-5-7-19(16)28/h4-9,12,14,23,26,28H,10-11H2,1-3H3/t14-,23-/m1/s1. The average molecular weight is 432 g/mol. The van der Waals surface area contributed by atoms with E-state index in [9.17, 15) is 9.90 Å². The van der Waals surface area contributed by atoms with Crippen molar-refractivity contribution < 1.29 is 23.9 Å². The van der Waals surface area contributed by atoms with Gasteiger partial charge in [0.2, 0.25) is 5.88 Å². The van der Waals surface area contributed by atoms with E-state index in [1.54, 1.807) is 26.4 Å². The summed E-state index contributed by atoms with van der Waals surface area (Å²) < 4.78 is 16.7. The van der Waals surface area contributed by atoms with Gasteiger partial charge in [-0.2, -0.15) is 0 Å². The fourth-order valence-electron chi connectivity index (χ4n) is 4.90. The third kappa shape index (κ3) is 3.12. The maximum absolute atomic E-state index is 13.6. The molecular weight excluding hydrogens is 408 g/mol. The SMILES string of the molecule is COc1ccc(OC)c([C@H]2C3=C(C[C@@H](c4ccccc4O)CC3=O)Nc3onc(C)c32)c1. The molecule has 0 spiro atoms. The summed E-state index contributed by atoms with van der Waals surface area (Å²) in [5.74, 6) is 1.56. The van der Waals surface area contributed by atoms with Crippen molar-refractivity contribution in [1.29, 1.82) is 0 Å². The molecule has 1 aromatic heterocycles. The number of nitrogens with zero attached hydrogens (tertiary/aromatic N) is 1. The second kappa shape index (κ2) is 7.75. The van der Waals surface area contributed by atoms with Gasteiger partial charge in [-0.05, 0) is 43.2 Å². The molecule has 1 aliphatic heterocycles. The highest BCUT2D eigenvalue weighted by Gasteiger charge is 2.42. The van der Waals surface area contributed by atoms with E-state index in [2.05, 4.69) is 10.5 Å². The number of hydrogen-bond donors (Lipinski definition) is 2. The highest BCUT2D eigenvalue weighted by Crippen LogP contribution is 2.51. The molecule has 2 N–H and O–H groups in total. The van der Waals surface area contributed by atoms with Crippen LogP contribution in [0.2, 0.25) is 0 Å². The molecule has 2 aliphatic rings. The number of benzene rings is 2. The third-order valence-electron chi connectivity index (χ3n) is 6.38. The zero-order chi connectivity index (χ0) is 22.4. The molecule has 0 saturated carbocycles. The van der Waals surface area contributed by atoms with E-state index >= 15 is 0 Å². The van der Waals surface area contributed by atoms with Gasteiger partial charge in [0, 0.05) is 29.2 Å². The second-order valence-corrected chi connectivity index (χ2v) is 8.16. The number of aromatic hydroxyl groups is 1. The van der Waals surface area contributed by atoms with Crippen LogP contribution in [0.5, 0.6) is 17.2 Å². The van der Waals surface area contributed by atoms with Gasteiger partial charge in [0.1, 0.15) is 17.2 Å². The molecular formula is C25H24N2O5. The number of ether oxygens (including phenoxy) is 2. The zero-order valence-corrected chi connectivity index (χ0v) is 18.1. The molecule has 0 fully saturated rings. The smallest absolute Gasteiger partial charge is 0.233 e. The van der Waals surface area contributed by atoms with Crippen LogP contribution in [0.3, 0.4) is 0 Å². The molecule has 1 aliphatic carbocycles. The number of carbonyl (C=O) groups is 1. The van der Waals surface area contributed by atoms with Crippen LogP contribution in [-0.2, 0) is 4.79 Å². The predicted octanol–water partition coefficient (Wildman–Crippen LogP) is 4.66. The summed E-state index contributed by atoms with van der Waals surface area (Å²) in [4.78, 5) is 13.6. The van der Waals surface area contributed by atoms with E-state index < -0.39 is 5.92 Å². The van der Waals surface area contributed by atoms with Crippen LogP contribution in [0.15, 0.2) is 58.3 Å². The van der Waals surface area contributed by atoms with E-state index in [1.807, 2.05) is 37.3 Å². The minimum atomic E-state index is -0.393.